The van der Waals surface area contributed by atoms with E-state index in [1.807, 2.05) is 0 Å². The Balaban J connectivity index is 2.36. The van der Waals surface area contributed by atoms with Crippen molar-refractivity contribution in [2.75, 3.05) is 6.54 Å². The molecule has 62 valence electrons. The second kappa shape index (κ2) is 3.53. The molecule has 1 fully saturated rings. The second-order valence-corrected chi connectivity index (χ2v) is 2.97. The Bertz CT molecular complexity index is 167. The Morgan fingerprint density at radius 2 is 2.64 bits per heavy atom. The van der Waals surface area contributed by atoms with Gasteiger partial charge < -0.3 is 15.8 Å². The van der Waals surface area contributed by atoms with Crippen molar-refractivity contribution in [2.24, 2.45) is 11.7 Å². The van der Waals surface area contributed by atoms with Gasteiger partial charge in [0.1, 0.15) is 6.29 Å². The Labute approximate surface area is 66.6 Å². The molecule has 1 aliphatic rings. The number of allylic oxidation sites excluding steroid dienone is 1. The van der Waals surface area contributed by atoms with Gasteiger partial charge in [-0.25, -0.2) is 0 Å². The van der Waals surface area contributed by atoms with Gasteiger partial charge in [0.25, 0.3) is 0 Å². The van der Waals surface area contributed by atoms with Crippen molar-refractivity contribution in [3.63, 3.8) is 0 Å². The number of hydrogen-bond donors (Lipinski definition) is 2. The Hall–Kier alpha value is -0.830. The van der Waals surface area contributed by atoms with E-state index >= 15 is 0 Å². The van der Waals surface area contributed by atoms with Gasteiger partial charge in [-0.05, 0) is 12.8 Å². The average Bonchev–Trinajstić information content (AvgIpc) is 2.37. The van der Waals surface area contributed by atoms with E-state index in [1.54, 1.807) is 0 Å². The first-order valence-corrected chi connectivity index (χ1v) is 3.87. The molecule has 2 unspecified atom stereocenters. The molecule has 2 atom stereocenters. The number of nitrogens with two attached hydrogens (primary N) is 1. The molecule has 0 aliphatic carbocycles. The number of nitrogens with one attached hydrogen (secondary N) is 1. The molecule has 1 heterocycles. The minimum Gasteiger partial charge on any atom is -0.389 e. The summed E-state index contributed by atoms with van der Waals surface area (Å²) in [5, 5.41) is 3.13. The molecule has 0 radical (unpaired) electrons. The molecular weight excluding hydrogens is 140 g/mol. The summed E-state index contributed by atoms with van der Waals surface area (Å²) in [6.45, 7) is 4.81. The van der Waals surface area contributed by atoms with Gasteiger partial charge in [0, 0.05) is 18.2 Å². The summed E-state index contributed by atoms with van der Waals surface area (Å²) in [5.41, 5.74) is 6.51. The first-order valence-electron chi connectivity index (χ1n) is 3.87. The molecule has 0 bridgehead atoms. The second-order valence-electron chi connectivity index (χ2n) is 2.97. The van der Waals surface area contributed by atoms with Crippen LogP contribution in [0.25, 0.3) is 0 Å². The van der Waals surface area contributed by atoms with Gasteiger partial charge in [0.05, 0.1) is 6.04 Å². The standard InChI is InChI=1S/C8H14N2O/c1-6-7(2-3-10-6)4-8(9)5-11/h5,7-8,10H,1-4,9H2. The molecule has 11 heavy (non-hydrogen) atoms. The largest absolute Gasteiger partial charge is 0.389 e. The molecule has 0 aromatic rings. The number of hydrogen-bond acceptors (Lipinski definition) is 3. The maximum absolute atomic E-state index is 10.2. The summed E-state index contributed by atoms with van der Waals surface area (Å²) in [5.74, 6) is 0.398. The van der Waals surface area contributed by atoms with Crippen molar-refractivity contribution in [2.45, 2.75) is 18.9 Å². The van der Waals surface area contributed by atoms with Crippen LogP contribution in [0.3, 0.4) is 0 Å². The Morgan fingerprint density at radius 1 is 1.91 bits per heavy atom. The lowest BCUT2D eigenvalue weighted by atomic mass is 9.98. The van der Waals surface area contributed by atoms with Crippen LogP contribution in [0.2, 0.25) is 0 Å². The van der Waals surface area contributed by atoms with E-state index in [2.05, 4.69) is 11.9 Å². The Morgan fingerprint density at radius 3 is 3.09 bits per heavy atom. The normalized spacial score (nSPS) is 26.3. The number of rotatable bonds is 3. The average molecular weight is 154 g/mol. The summed E-state index contributed by atoms with van der Waals surface area (Å²) >= 11 is 0. The number of carbonyl (C=O) groups is 1. The van der Waals surface area contributed by atoms with E-state index in [0.29, 0.717) is 5.92 Å². The fraction of sp³-hybridized carbons (Fsp3) is 0.625. The SMILES string of the molecule is C=C1NCCC1CC(N)C=O. The fourth-order valence-electron chi connectivity index (χ4n) is 1.37. The van der Waals surface area contributed by atoms with Crippen LogP contribution in [0.1, 0.15) is 12.8 Å². The highest BCUT2D eigenvalue weighted by atomic mass is 16.1. The van der Waals surface area contributed by atoms with Crippen molar-refractivity contribution < 1.29 is 4.79 Å². The highest BCUT2D eigenvalue weighted by molar-refractivity contribution is 5.57. The van der Waals surface area contributed by atoms with Crippen LogP contribution in [0, 0.1) is 5.92 Å². The van der Waals surface area contributed by atoms with Crippen LogP contribution in [-0.2, 0) is 4.79 Å². The van der Waals surface area contributed by atoms with Crippen molar-refractivity contribution in [1.29, 1.82) is 0 Å². The van der Waals surface area contributed by atoms with Gasteiger partial charge in [-0.3, -0.25) is 0 Å². The summed E-state index contributed by atoms with van der Waals surface area (Å²) in [7, 11) is 0. The summed E-state index contributed by atoms with van der Waals surface area (Å²) < 4.78 is 0. The molecule has 0 spiro atoms. The lowest BCUT2D eigenvalue weighted by Gasteiger charge is -2.11. The topological polar surface area (TPSA) is 55.1 Å². The van der Waals surface area contributed by atoms with Crippen LogP contribution < -0.4 is 11.1 Å². The maximum Gasteiger partial charge on any atom is 0.136 e. The lowest BCUT2D eigenvalue weighted by Crippen LogP contribution is -2.25. The number of carbonyl (C=O) groups excluding carboxylic acids is 1. The molecule has 0 amide bonds. The molecule has 1 saturated heterocycles. The predicted molar refractivity (Wildman–Crippen MR) is 43.9 cm³/mol. The summed E-state index contributed by atoms with van der Waals surface area (Å²) in [6, 6.07) is -0.323. The zero-order chi connectivity index (χ0) is 8.27. The molecule has 3 N–H and O–H groups in total. The van der Waals surface area contributed by atoms with Crippen molar-refractivity contribution in [1.82, 2.24) is 5.32 Å². The van der Waals surface area contributed by atoms with E-state index in [9.17, 15) is 4.79 Å². The third-order valence-corrected chi connectivity index (χ3v) is 2.07. The van der Waals surface area contributed by atoms with Crippen LogP contribution in [0.4, 0.5) is 0 Å². The number of aldehydes is 1. The fourth-order valence-corrected chi connectivity index (χ4v) is 1.37. The quantitative estimate of drug-likeness (QED) is 0.564. The van der Waals surface area contributed by atoms with Gasteiger partial charge in [-0.2, -0.15) is 0 Å². The zero-order valence-corrected chi connectivity index (χ0v) is 6.55. The third kappa shape index (κ3) is 2.05. The summed E-state index contributed by atoms with van der Waals surface area (Å²) in [4.78, 5) is 10.2. The minimum absolute atomic E-state index is 0.323. The van der Waals surface area contributed by atoms with E-state index in [-0.39, 0.29) is 6.04 Å². The van der Waals surface area contributed by atoms with E-state index in [0.717, 1.165) is 31.4 Å². The third-order valence-electron chi connectivity index (χ3n) is 2.07. The van der Waals surface area contributed by atoms with Gasteiger partial charge in [0.15, 0.2) is 0 Å². The highest BCUT2D eigenvalue weighted by Gasteiger charge is 2.20. The Kier molecular flexibility index (Phi) is 2.65. The monoisotopic (exact) mass is 154 g/mol. The van der Waals surface area contributed by atoms with Gasteiger partial charge in [-0.1, -0.05) is 6.58 Å². The van der Waals surface area contributed by atoms with Gasteiger partial charge in [0.2, 0.25) is 0 Å². The maximum atomic E-state index is 10.2. The first kappa shape index (κ1) is 8.27. The first-order chi connectivity index (χ1) is 5.24. The van der Waals surface area contributed by atoms with Crippen LogP contribution in [0.5, 0.6) is 0 Å². The van der Waals surface area contributed by atoms with E-state index in [4.69, 9.17) is 5.73 Å². The van der Waals surface area contributed by atoms with Crippen LogP contribution in [0.15, 0.2) is 12.3 Å². The zero-order valence-electron chi connectivity index (χ0n) is 6.55. The molecular formula is C8H14N2O. The molecule has 0 aromatic carbocycles. The van der Waals surface area contributed by atoms with Crippen molar-refractivity contribution >= 4 is 6.29 Å². The van der Waals surface area contributed by atoms with Crippen molar-refractivity contribution in [3.8, 4) is 0 Å². The smallest absolute Gasteiger partial charge is 0.136 e. The van der Waals surface area contributed by atoms with Crippen LogP contribution in [-0.4, -0.2) is 18.9 Å². The highest BCUT2D eigenvalue weighted by Crippen LogP contribution is 2.21. The molecule has 0 aromatic heterocycles. The molecule has 0 saturated carbocycles. The van der Waals surface area contributed by atoms with Gasteiger partial charge in [-0.15, -0.1) is 0 Å². The summed E-state index contributed by atoms with van der Waals surface area (Å²) in [6.07, 6.45) is 2.58. The van der Waals surface area contributed by atoms with Crippen molar-refractivity contribution in [3.05, 3.63) is 12.3 Å². The van der Waals surface area contributed by atoms with Crippen LogP contribution >= 0.6 is 0 Å². The minimum atomic E-state index is -0.323. The van der Waals surface area contributed by atoms with Gasteiger partial charge >= 0.3 is 0 Å². The van der Waals surface area contributed by atoms with E-state index < -0.39 is 0 Å². The molecule has 1 rings (SSSR count). The predicted octanol–water partition coefficient (Wildman–Crippen LogP) is 0.0259. The lowest BCUT2D eigenvalue weighted by molar-refractivity contribution is -0.109. The molecule has 3 nitrogen and oxygen atoms in total. The van der Waals surface area contributed by atoms with E-state index in [1.165, 1.54) is 0 Å². The molecule has 3 heteroatoms. The molecule has 1 aliphatic heterocycles.